The maximum absolute atomic E-state index is 13.7. The maximum Gasteiger partial charge on any atom is 0.343 e. The Morgan fingerprint density at radius 2 is 1.12 bits per heavy atom. The van der Waals surface area contributed by atoms with Crippen LogP contribution in [-0.2, 0) is 14.3 Å². The van der Waals surface area contributed by atoms with E-state index in [1.807, 2.05) is 112 Å². The van der Waals surface area contributed by atoms with Gasteiger partial charge in [-0.15, -0.1) is 11.6 Å². The third kappa shape index (κ3) is 5.06. The van der Waals surface area contributed by atoms with Gasteiger partial charge in [-0.3, -0.25) is 4.79 Å². The molecular weight excluding hydrogens is 439 g/mol. The fourth-order valence-electron chi connectivity index (χ4n) is 3.76. The van der Waals surface area contributed by atoms with E-state index in [4.69, 9.17) is 16.3 Å². The summed E-state index contributed by atoms with van der Waals surface area (Å²) < 4.78 is 5.83. The van der Waals surface area contributed by atoms with E-state index >= 15 is 0 Å². The largest absolute Gasteiger partial charge is 0.456 e. The molecule has 3 aromatic carbocycles. The highest BCUT2D eigenvalue weighted by Crippen LogP contribution is 2.47. The Kier molecular flexibility index (Phi) is 7.77. The molecule has 3 aromatic rings. The van der Waals surface area contributed by atoms with Gasteiger partial charge in [-0.05, 0) is 43.6 Å². The molecule has 0 aliphatic heterocycles. The fraction of sp³-hybridized carbons (Fsp3) is 0.222. The van der Waals surface area contributed by atoms with Crippen molar-refractivity contribution < 1.29 is 14.3 Å². The molecule has 166 valence electrons. The number of alkyl halides is 1. The molecule has 0 heterocycles. The number of ether oxygens (including phenoxy) is 1. The summed E-state index contributed by atoms with van der Waals surface area (Å²) in [6.45, 7) is 2.57. The van der Waals surface area contributed by atoms with E-state index in [-0.39, 0.29) is 23.4 Å². The highest BCUT2D eigenvalue weighted by atomic mass is 35.5. The molecule has 0 amide bonds. The summed E-state index contributed by atoms with van der Waals surface area (Å²) in [5.41, 5.74) is -0.747. The SMILES string of the molecule is CC(C)(C)OC(=O)C(C(=O)CCCl)=P(c1ccccc1)(c1ccccc1)c1ccccc1. The smallest absolute Gasteiger partial charge is 0.343 e. The van der Waals surface area contributed by atoms with Crippen LogP contribution in [-0.4, -0.2) is 28.5 Å². The highest BCUT2D eigenvalue weighted by Gasteiger charge is 2.38. The quantitative estimate of drug-likeness (QED) is 0.219. The molecule has 0 spiro atoms. The molecule has 3 nitrogen and oxygen atoms in total. The lowest BCUT2D eigenvalue weighted by Gasteiger charge is -2.32. The Bertz CT molecular complexity index is 1010. The minimum atomic E-state index is -2.86. The topological polar surface area (TPSA) is 43.4 Å². The zero-order valence-corrected chi connectivity index (χ0v) is 20.3. The number of hydrogen-bond acceptors (Lipinski definition) is 3. The summed E-state index contributed by atoms with van der Waals surface area (Å²) in [7, 11) is 0. The Morgan fingerprint density at radius 1 is 0.750 bits per heavy atom. The van der Waals surface area contributed by atoms with Crippen LogP contribution in [0.25, 0.3) is 0 Å². The number of halogens is 1. The van der Waals surface area contributed by atoms with Crippen LogP contribution in [0.2, 0.25) is 0 Å². The molecule has 0 aliphatic carbocycles. The Hall–Kier alpha value is -2.61. The van der Waals surface area contributed by atoms with Gasteiger partial charge in [0.15, 0.2) is 5.78 Å². The van der Waals surface area contributed by atoms with Gasteiger partial charge in [-0.2, -0.15) is 0 Å². The first kappa shape index (κ1) is 24.0. The summed E-state index contributed by atoms with van der Waals surface area (Å²) in [4.78, 5) is 27.4. The average molecular weight is 467 g/mol. The van der Waals surface area contributed by atoms with Gasteiger partial charge in [-0.1, -0.05) is 91.0 Å². The number of hydrogen-bond donors (Lipinski definition) is 0. The van der Waals surface area contributed by atoms with E-state index in [0.29, 0.717) is 0 Å². The zero-order valence-electron chi connectivity index (χ0n) is 18.6. The van der Waals surface area contributed by atoms with Crippen LogP contribution in [0.3, 0.4) is 0 Å². The highest BCUT2D eigenvalue weighted by molar-refractivity contribution is 7.97. The molecule has 32 heavy (non-hydrogen) atoms. The standard InChI is InChI=1S/C27H28ClO3P/c1-27(2,3)31-26(30)25(24(29)19-20-28)32(21-13-7-4-8-14-21,22-15-9-5-10-16-22)23-17-11-6-12-18-23/h4-18H,19-20H2,1-3H3. The number of ketones is 1. The van der Waals surface area contributed by atoms with Crippen molar-refractivity contribution in [3.8, 4) is 0 Å². The molecule has 0 atom stereocenters. The van der Waals surface area contributed by atoms with Gasteiger partial charge in [0.1, 0.15) is 10.9 Å². The molecule has 0 bridgehead atoms. The first-order chi connectivity index (χ1) is 15.3. The van der Waals surface area contributed by atoms with Crippen molar-refractivity contribution in [1.82, 2.24) is 0 Å². The number of Topliss-reactive ketones (excluding diaryl/α,β-unsaturated/α-hetero) is 1. The van der Waals surface area contributed by atoms with Crippen molar-refractivity contribution in [2.45, 2.75) is 32.8 Å². The second-order valence-electron chi connectivity index (χ2n) is 8.39. The van der Waals surface area contributed by atoms with Crippen molar-refractivity contribution in [2.75, 3.05) is 5.88 Å². The predicted molar refractivity (Wildman–Crippen MR) is 136 cm³/mol. The summed E-state index contributed by atoms with van der Waals surface area (Å²) in [5, 5.41) is 2.93. The molecular formula is C27H28ClO3P. The number of esters is 1. The molecule has 0 saturated heterocycles. The van der Waals surface area contributed by atoms with Gasteiger partial charge in [0.2, 0.25) is 0 Å². The second kappa shape index (κ2) is 10.3. The van der Waals surface area contributed by atoms with E-state index in [1.165, 1.54) is 0 Å². The van der Waals surface area contributed by atoms with Crippen molar-refractivity contribution in [2.24, 2.45) is 0 Å². The lowest BCUT2D eigenvalue weighted by molar-refractivity contribution is -0.146. The van der Waals surface area contributed by atoms with Crippen molar-refractivity contribution in [1.29, 1.82) is 0 Å². The molecule has 0 fully saturated rings. The normalized spacial score (nSPS) is 11.6. The molecule has 0 radical (unpaired) electrons. The summed E-state index contributed by atoms with van der Waals surface area (Å²) in [5.74, 6) is -0.736. The van der Waals surface area contributed by atoms with Crippen LogP contribution in [0.4, 0.5) is 0 Å². The minimum Gasteiger partial charge on any atom is -0.456 e. The molecule has 5 heteroatoms. The molecule has 3 rings (SSSR count). The fourth-order valence-corrected chi connectivity index (χ4v) is 8.26. The Morgan fingerprint density at radius 3 is 1.44 bits per heavy atom. The van der Waals surface area contributed by atoms with Crippen LogP contribution in [0.15, 0.2) is 91.0 Å². The van der Waals surface area contributed by atoms with Crippen LogP contribution >= 0.6 is 18.5 Å². The van der Waals surface area contributed by atoms with Crippen LogP contribution in [0.5, 0.6) is 0 Å². The number of rotatable bonds is 7. The van der Waals surface area contributed by atoms with E-state index in [0.717, 1.165) is 15.9 Å². The first-order valence-electron chi connectivity index (χ1n) is 10.6. The van der Waals surface area contributed by atoms with E-state index < -0.39 is 18.5 Å². The van der Waals surface area contributed by atoms with E-state index in [2.05, 4.69) is 0 Å². The number of benzene rings is 3. The van der Waals surface area contributed by atoms with Gasteiger partial charge in [0.05, 0.1) is 0 Å². The van der Waals surface area contributed by atoms with Gasteiger partial charge in [0, 0.05) is 12.3 Å². The molecule has 0 N–H and O–H groups in total. The average Bonchev–Trinajstić information content (AvgIpc) is 2.78. The summed E-state index contributed by atoms with van der Waals surface area (Å²) in [6, 6.07) is 29.4. The van der Waals surface area contributed by atoms with Crippen LogP contribution < -0.4 is 15.9 Å². The molecule has 0 unspecified atom stereocenters. The van der Waals surface area contributed by atoms with E-state index in [1.54, 1.807) is 0 Å². The third-order valence-corrected chi connectivity index (χ3v) is 9.45. The molecule has 0 aromatic heterocycles. The molecule has 0 aliphatic rings. The van der Waals surface area contributed by atoms with Crippen molar-refractivity contribution >= 4 is 51.4 Å². The molecule has 0 saturated carbocycles. The van der Waals surface area contributed by atoms with Crippen LogP contribution in [0, 0.1) is 0 Å². The monoisotopic (exact) mass is 466 g/mol. The second-order valence-corrected chi connectivity index (χ2v) is 12.1. The minimum absolute atomic E-state index is 0.0599. The lowest BCUT2D eigenvalue weighted by atomic mass is 10.2. The Labute approximate surface area is 195 Å². The predicted octanol–water partition coefficient (Wildman–Crippen LogP) is 4.69. The number of carbonyl (C=O) groups excluding carboxylic acids is 2. The van der Waals surface area contributed by atoms with Gasteiger partial charge >= 0.3 is 5.97 Å². The Balaban J connectivity index is 2.59. The zero-order chi connectivity index (χ0) is 23.2. The lowest BCUT2D eigenvalue weighted by Crippen LogP contribution is -2.40. The third-order valence-electron chi connectivity index (χ3n) is 4.94. The van der Waals surface area contributed by atoms with Crippen LogP contribution in [0.1, 0.15) is 27.2 Å². The first-order valence-corrected chi connectivity index (χ1v) is 12.9. The van der Waals surface area contributed by atoms with Crippen molar-refractivity contribution in [3.05, 3.63) is 91.0 Å². The maximum atomic E-state index is 13.7. The van der Waals surface area contributed by atoms with Gasteiger partial charge in [-0.25, -0.2) is 4.79 Å². The van der Waals surface area contributed by atoms with E-state index in [9.17, 15) is 9.59 Å². The number of carbonyl (C=O) groups is 2. The summed E-state index contributed by atoms with van der Waals surface area (Å²) in [6.07, 6.45) is 0.0599. The van der Waals surface area contributed by atoms with Gasteiger partial charge < -0.3 is 4.74 Å². The van der Waals surface area contributed by atoms with Crippen molar-refractivity contribution in [3.63, 3.8) is 0 Å². The summed E-state index contributed by atoms with van der Waals surface area (Å²) >= 11 is 5.99. The van der Waals surface area contributed by atoms with Gasteiger partial charge in [0.25, 0.3) is 0 Å².